The molecule has 0 aliphatic carbocycles. The largest absolute Gasteiger partial charge is 0.376 e. The maximum atomic E-state index is 9.31. The minimum atomic E-state index is 0.138. The van der Waals surface area contributed by atoms with Crippen molar-refractivity contribution in [3.05, 3.63) is 40.5 Å². The molecule has 0 spiro atoms. The van der Waals surface area contributed by atoms with Crippen LogP contribution < -0.4 is 0 Å². The van der Waals surface area contributed by atoms with Crippen LogP contribution in [0, 0.1) is 11.3 Å². The molecule has 1 aromatic heterocycles. The van der Waals surface area contributed by atoms with Crippen molar-refractivity contribution < 1.29 is 4.74 Å². The summed E-state index contributed by atoms with van der Waals surface area (Å²) in [4.78, 5) is 0. The SMILES string of the molecule is CC1OCCC1n1cc(C#N)c(-c2ccc(Br)cc2)n1. The minimum absolute atomic E-state index is 0.138. The van der Waals surface area contributed by atoms with Crippen molar-refractivity contribution in [3.8, 4) is 17.3 Å². The predicted octanol–water partition coefficient (Wildman–Crippen LogP) is 3.53. The minimum Gasteiger partial charge on any atom is -0.376 e. The van der Waals surface area contributed by atoms with Crippen molar-refractivity contribution in [2.45, 2.75) is 25.5 Å². The average molecular weight is 332 g/mol. The van der Waals surface area contributed by atoms with E-state index in [1.54, 1.807) is 0 Å². The van der Waals surface area contributed by atoms with Crippen molar-refractivity contribution in [1.29, 1.82) is 5.26 Å². The molecule has 102 valence electrons. The highest BCUT2D eigenvalue weighted by atomic mass is 79.9. The quantitative estimate of drug-likeness (QED) is 0.845. The molecule has 1 aromatic carbocycles. The zero-order valence-corrected chi connectivity index (χ0v) is 12.7. The number of benzene rings is 1. The molecule has 0 N–H and O–H groups in total. The number of hydrogen-bond acceptors (Lipinski definition) is 3. The molecule has 0 bridgehead atoms. The number of hydrogen-bond donors (Lipinski definition) is 0. The molecule has 20 heavy (non-hydrogen) atoms. The third kappa shape index (κ3) is 2.37. The Labute approximate surface area is 126 Å². The van der Waals surface area contributed by atoms with Gasteiger partial charge >= 0.3 is 0 Å². The van der Waals surface area contributed by atoms with Crippen LogP contribution in [0.1, 0.15) is 24.9 Å². The summed E-state index contributed by atoms with van der Waals surface area (Å²) in [5, 5.41) is 13.9. The number of halogens is 1. The van der Waals surface area contributed by atoms with Crippen LogP contribution in [0.25, 0.3) is 11.3 Å². The molecule has 0 radical (unpaired) electrons. The molecule has 2 heterocycles. The fourth-order valence-corrected chi connectivity index (χ4v) is 2.80. The van der Waals surface area contributed by atoms with Crippen molar-refractivity contribution in [2.75, 3.05) is 6.61 Å². The van der Waals surface area contributed by atoms with Crippen molar-refractivity contribution in [1.82, 2.24) is 9.78 Å². The summed E-state index contributed by atoms with van der Waals surface area (Å²) in [5.74, 6) is 0. The number of rotatable bonds is 2. The van der Waals surface area contributed by atoms with E-state index in [4.69, 9.17) is 4.74 Å². The maximum Gasteiger partial charge on any atom is 0.110 e. The second-order valence-corrected chi connectivity index (χ2v) is 5.84. The zero-order chi connectivity index (χ0) is 14.1. The maximum absolute atomic E-state index is 9.31. The monoisotopic (exact) mass is 331 g/mol. The highest BCUT2D eigenvalue weighted by Gasteiger charge is 2.27. The molecule has 3 rings (SSSR count). The van der Waals surface area contributed by atoms with Crippen molar-refractivity contribution in [2.24, 2.45) is 0 Å². The number of ether oxygens (including phenoxy) is 1. The van der Waals surface area contributed by atoms with Gasteiger partial charge in [-0.2, -0.15) is 10.4 Å². The van der Waals surface area contributed by atoms with Gasteiger partial charge in [-0.1, -0.05) is 28.1 Å². The van der Waals surface area contributed by atoms with E-state index in [-0.39, 0.29) is 12.1 Å². The standard InChI is InChI=1S/C15H14BrN3O/c1-10-14(6-7-20-10)19-9-12(8-17)15(18-19)11-2-4-13(16)5-3-11/h2-5,9-10,14H,6-7H2,1H3. The van der Waals surface area contributed by atoms with Crippen LogP contribution in [0.15, 0.2) is 34.9 Å². The van der Waals surface area contributed by atoms with E-state index in [9.17, 15) is 5.26 Å². The van der Waals surface area contributed by atoms with Gasteiger partial charge in [0.2, 0.25) is 0 Å². The Morgan fingerprint density at radius 1 is 1.40 bits per heavy atom. The second-order valence-electron chi connectivity index (χ2n) is 4.92. The molecule has 0 saturated carbocycles. The molecular weight excluding hydrogens is 318 g/mol. The van der Waals surface area contributed by atoms with Crippen LogP contribution in [0.2, 0.25) is 0 Å². The molecule has 1 aliphatic heterocycles. The van der Waals surface area contributed by atoms with Crippen LogP contribution in [-0.2, 0) is 4.74 Å². The normalized spacial score (nSPS) is 21.9. The highest BCUT2D eigenvalue weighted by molar-refractivity contribution is 9.10. The summed E-state index contributed by atoms with van der Waals surface area (Å²) in [7, 11) is 0. The third-order valence-electron chi connectivity index (χ3n) is 3.65. The zero-order valence-electron chi connectivity index (χ0n) is 11.1. The summed E-state index contributed by atoms with van der Waals surface area (Å²) in [5.41, 5.74) is 2.29. The van der Waals surface area contributed by atoms with Gasteiger partial charge in [-0.05, 0) is 25.5 Å². The molecule has 0 amide bonds. The van der Waals surface area contributed by atoms with E-state index >= 15 is 0 Å². The summed E-state index contributed by atoms with van der Waals surface area (Å²) >= 11 is 3.41. The Bertz CT molecular complexity index is 657. The molecule has 1 saturated heterocycles. The van der Waals surface area contributed by atoms with Gasteiger partial charge in [0.05, 0.1) is 17.7 Å². The van der Waals surface area contributed by atoms with Crippen LogP contribution in [0.4, 0.5) is 0 Å². The topological polar surface area (TPSA) is 50.8 Å². The number of aromatic nitrogens is 2. The van der Waals surface area contributed by atoms with Gasteiger partial charge in [0, 0.05) is 22.8 Å². The van der Waals surface area contributed by atoms with E-state index in [1.807, 2.05) is 42.1 Å². The van der Waals surface area contributed by atoms with E-state index < -0.39 is 0 Å². The van der Waals surface area contributed by atoms with Gasteiger partial charge in [0.15, 0.2) is 0 Å². The lowest BCUT2D eigenvalue weighted by Crippen LogP contribution is -2.17. The van der Waals surface area contributed by atoms with E-state index in [0.717, 1.165) is 28.8 Å². The fourth-order valence-electron chi connectivity index (χ4n) is 2.53. The highest BCUT2D eigenvalue weighted by Crippen LogP contribution is 2.29. The van der Waals surface area contributed by atoms with Gasteiger partial charge in [0.25, 0.3) is 0 Å². The second kappa shape index (κ2) is 5.39. The van der Waals surface area contributed by atoms with Crippen LogP contribution in [0.3, 0.4) is 0 Å². The molecular formula is C15H14BrN3O. The van der Waals surface area contributed by atoms with E-state index in [0.29, 0.717) is 5.56 Å². The van der Waals surface area contributed by atoms with Gasteiger partial charge in [-0.3, -0.25) is 4.68 Å². The number of nitrogens with zero attached hydrogens (tertiary/aromatic N) is 3. The van der Waals surface area contributed by atoms with Gasteiger partial charge in [-0.25, -0.2) is 0 Å². The average Bonchev–Trinajstić information content (AvgIpc) is 3.05. The first-order valence-electron chi connectivity index (χ1n) is 6.56. The predicted molar refractivity (Wildman–Crippen MR) is 79.1 cm³/mol. The lowest BCUT2D eigenvalue weighted by Gasteiger charge is -2.14. The first kappa shape index (κ1) is 13.3. The molecule has 2 unspecified atom stereocenters. The molecule has 1 aliphatic rings. The molecule has 2 atom stereocenters. The Morgan fingerprint density at radius 3 is 2.75 bits per heavy atom. The van der Waals surface area contributed by atoms with Crippen LogP contribution >= 0.6 is 15.9 Å². The Hall–Kier alpha value is -1.64. The van der Waals surface area contributed by atoms with Crippen LogP contribution in [-0.4, -0.2) is 22.5 Å². The van der Waals surface area contributed by atoms with Gasteiger partial charge in [0.1, 0.15) is 11.8 Å². The Balaban J connectivity index is 2.01. The van der Waals surface area contributed by atoms with E-state index in [2.05, 4.69) is 27.1 Å². The summed E-state index contributed by atoms with van der Waals surface area (Å²) in [6.45, 7) is 2.80. The van der Waals surface area contributed by atoms with Crippen molar-refractivity contribution in [3.63, 3.8) is 0 Å². The smallest absolute Gasteiger partial charge is 0.110 e. The summed E-state index contributed by atoms with van der Waals surface area (Å²) < 4.78 is 8.47. The lowest BCUT2D eigenvalue weighted by atomic mass is 10.1. The van der Waals surface area contributed by atoms with E-state index in [1.165, 1.54) is 0 Å². The Morgan fingerprint density at radius 2 is 2.15 bits per heavy atom. The summed E-state index contributed by atoms with van der Waals surface area (Å²) in [6.07, 6.45) is 2.90. The molecule has 1 fully saturated rings. The first-order chi connectivity index (χ1) is 9.69. The number of nitriles is 1. The van der Waals surface area contributed by atoms with Gasteiger partial charge < -0.3 is 4.74 Å². The fraction of sp³-hybridized carbons (Fsp3) is 0.333. The molecule has 2 aromatic rings. The van der Waals surface area contributed by atoms with Crippen molar-refractivity contribution >= 4 is 15.9 Å². The molecule has 4 nitrogen and oxygen atoms in total. The molecule has 5 heteroatoms. The first-order valence-corrected chi connectivity index (χ1v) is 7.35. The summed E-state index contributed by atoms with van der Waals surface area (Å²) in [6, 6.07) is 10.3. The lowest BCUT2D eigenvalue weighted by molar-refractivity contribution is 0.105. The van der Waals surface area contributed by atoms with Crippen LogP contribution in [0.5, 0.6) is 0 Å². The Kier molecular flexibility index (Phi) is 3.60. The van der Waals surface area contributed by atoms with Gasteiger partial charge in [-0.15, -0.1) is 0 Å². The third-order valence-corrected chi connectivity index (χ3v) is 4.17.